The number of nitrogens with zero attached hydrogens (tertiary/aromatic N) is 3. The lowest BCUT2D eigenvalue weighted by atomic mass is 9.43. The Morgan fingerprint density at radius 2 is 0.532 bits per heavy atom. The third-order valence-corrected chi connectivity index (χ3v) is 12.6. The molecule has 1 heterocycles. The molecular weight excluding hydrogens is 751 g/mol. The molecule has 292 valence electrons. The summed E-state index contributed by atoms with van der Waals surface area (Å²) in [6.45, 7) is 0. The third-order valence-electron chi connectivity index (χ3n) is 12.6. The summed E-state index contributed by atoms with van der Waals surface area (Å²) in [5.74, 6) is 1.86. The molecule has 0 saturated heterocycles. The zero-order valence-corrected chi connectivity index (χ0v) is 34.0. The van der Waals surface area contributed by atoms with E-state index in [4.69, 9.17) is 15.0 Å². The molecule has 0 radical (unpaired) electrons. The summed E-state index contributed by atoms with van der Waals surface area (Å²) in [4.78, 5) is 15.7. The van der Waals surface area contributed by atoms with Crippen molar-refractivity contribution >= 4 is 0 Å². The van der Waals surface area contributed by atoms with Crippen molar-refractivity contribution in [2.24, 2.45) is 0 Å². The Morgan fingerprint density at radius 1 is 0.226 bits per heavy atom. The summed E-state index contributed by atoms with van der Waals surface area (Å²) in [6, 6.07) is 89.5. The van der Waals surface area contributed by atoms with E-state index < -0.39 is 10.8 Å². The molecule has 0 aliphatic heterocycles. The monoisotopic (exact) mass is 791 g/mol. The van der Waals surface area contributed by atoms with Crippen LogP contribution in [0.5, 0.6) is 0 Å². The fraction of sp³-hybridized carbons (Fsp3) is 0.0339. The molecule has 0 N–H and O–H groups in total. The highest BCUT2D eigenvalue weighted by molar-refractivity contribution is 5.87. The summed E-state index contributed by atoms with van der Waals surface area (Å²) in [5.41, 5.74) is 13.1. The van der Waals surface area contributed by atoms with E-state index in [0.717, 1.165) is 22.3 Å². The van der Waals surface area contributed by atoms with Crippen molar-refractivity contribution < 1.29 is 0 Å². The highest BCUT2D eigenvalue weighted by Crippen LogP contribution is 2.65. The molecule has 10 aromatic rings. The normalized spacial score (nSPS) is 13.4. The van der Waals surface area contributed by atoms with Crippen molar-refractivity contribution in [1.82, 2.24) is 15.0 Å². The van der Waals surface area contributed by atoms with Crippen LogP contribution >= 0.6 is 0 Å². The van der Waals surface area contributed by atoms with Gasteiger partial charge >= 0.3 is 0 Å². The van der Waals surface area contributed by atoms with Gasteiger partial charge in [-0.1, -0.05) is 243 Å². The van der Waals surface area contributed by atoms with E-state index in [1.54, 1.807) is 0 Å². The van der Waals surface area contributed by atoms with Gasteiger partial charge in [-0.05, 0) is 61.7 Å². The Bertz CT molecular complexity index is 3060. The Labute approximate surface area is 362 Å². The van der Waals surface area contributed by atoms with Crippen LogP contribution in [0.4, 0.5) is 0 Å². The Morgan fingerprint density at radius 3 is 1.02 bits per heavy atom. The quantitative estimate of drug-likeness (QED) is 0.154. The van der Waals surface area contributed by atoms with Crippen molar-refractivity contribution in [3.05, 3.63) is 282 Å². The molecular formula is C59H41N3. The predicted octanol–water partition coefficient (Wildman–Crippen LogP) is 13.9. The first-order chi connectivity index (χ1) is 30.7. The van der Waals surface area contributed by atoms with Crippen molar-refractivity contribution in [2.75, 3.05) is 0 Å². The Kier molecular flexibility index (Phi) is 9.28. The van der Waals surface area contributed by atoms with Crippen LogP contribution in [0.15, 0.2) is 249 Å². The first-order valence-corrected chi connectivity index (χ1v) is 21.2. The molecule has 0 fully saturated rings. The van der Waals surface area contributed by atoms with Crippen LogP contribution in [0.2, 0.25) is 0 Å². The van der Waals surface area contributed by atoms with Crippen molar-refractivity contribution in [3.8, 4) is 56.4 Å². The molecule has 11 rings (SSSR count). The fourth-order valence-electron chi connectivity index (χ4n) is 10.0. The largest absolute Gasteiger partial charge is 0.208 e. The lowest BCUT2D eigenvalue weighted by Gasteiger charge is -2.57. The lowest BCUT2D eigenvalue weighted by Crippen LogP contribution is -2.54. The standard InChI is InChI=1S/C59H41N3/c1-7-21-42(22-8-1)43-35-37-45(38-36-43)56-60-55(44-23-9-2-10-24-44)61-57(62-56)46-39-40-52-51-33-19-20-34-53(51)58(47-25-11-3-12-26-47,48-27-13-4-14-28-48)59(54(52)41-46,49-29-15-5-16-30-49)50-31-17-6-18-32-50/h1-41H. The summed E-state index contributed by atoms with van der Waals surface area (Å²) < 4.78 is 0. The van der Waals surface area contributed by atoms with Gasteiger partial charge in [0.25, 0.3) is 0 Å². The molecule has 0 atom stereocenters. The summed E-state index contributed by atoms with van der Waals surface area (Å²) in [7, 11) is 0. The van der Waals surface area contributed by atoms with Crippen LogP contribution in [-0.2, 0) is 10.8 Å². The van der Waals surface area contributed by atoms with E-state index in [2.05, 4.69) is 224 Å². The number of aromatic nitrogens is 3. The van der Waals surface area contributed by atoms with E-state index in [1.807, 2.05) is 24.3 Å². The summed E-state index contributed by atoms with van der Waals surface area (Å²) in [6.07, 6.45) is 0. The number of hydrogen-bond acceptors (Lipinski definition) is 3. The van der Waals surface area contributed by atoms with Crippen LogP contribution in [-0.4, -0.2) is 15.0 Å². The second kappa shape index (κ2) is 15.5. The van der Waals surface area contributed by atoms with E-state index in [9.17, 15) is 0 Å². The fourth-order valence-corrected chi connectivity index (χ4v) is 10.0. The summed E-state index contributed by atoms with van der Waals surface area (Å²) in [5, 5.41) is 0. The van der Waals surface area contributed by atoms with Gasteiger partial charge in [0.1, 0.15) is 0 Å². The molecule has 3 nitrogen and oxygen atoms in total. The SMILES string of the molecule is c1ccc(-c2ccc(-c3nc(-c4ccccc4)nc(-c4ccc5c(c4)C(c4ccccc4)(c4ccccc4)C(c4ccccc4)(c4ccccc4)c4ccccc4-5)n3)cc2)cc1. The molecule has 9 aromatic carbocycles. The first kappa shape index (κ1) is 37.0. The molecule has 1 aliphatic carbocycles. The number of rotatable bonds is 8. The maximum absolute atomic E-state index is 5.32. The third kappa shape index (κ3) is 5.93. The minimum atomic E-state index is -0.788. The Balaban J connectivity index is 1.24. The molecule has 0 saturated carbocycles. The molecule has 0 amide bonds. The smallest absolute Gasteiger partial charge is 0.164 e. The molecule has 1 aromatic heterocycles. The van der Waals surface area contributed by atoms with Crippen LogP contribution in [0.25, 0.3) is 56.4 Å². The molecule has 62 heavy (non-hydrogen) atoms. The minimum absolute atomic E-state index is 0.614. The van der Waals surface area contributed by atoms with Gasteiger partial charge in [0.2, 0.25) is 0 Å². The number of hydrogen-bond donors (Lipinski definition) is 0. The van der Waals surface area contributed by atoms with Crippen molar-refractivity contribution in [3.63, 3.8) is 0 Å². The van der Waals surface area contributed by atoms with E-state index in [-0.39, 0.29) is 0 Å². The van der Waals surface area contributed by atoms with E-state index in [1.165, 1.54) is 50.1 Å². The second-order valence-electron chi connectivity index (χ2n) is 15.9. The summed E-state index contributed by atoms with van der Waals surface area (Å²) >= 11 is 0. The van der Waals surface area contributed by atoms with Crippen LogP contribution in [0.3, 0.4) is 0 Å². The highest BCUT2D eigenvalue weighted by Gasteiger charge is 2.61. The molecule has 0 spiro atoms. The van der Waals surface area contributed by atoms with Gasteiger partial charge in [0, 0.05) is 16.7 Å². The van der Waals surface area contributed by atoms with Crippen LogP contribution in [0, 0.1) is 0 Å². The maximum atomic E-state index is 5.32. The van der Waals surface area contributed by atoms with Crippen LogP contribution in [0.1, 0.15) is 33.4 Å². The van der Waals surface area contributed by atoms with Gasteiger partial charge in [0.05, 0.1) is 10.8 Å². The van der Waals surface area contributed by atoms with Crippen molar-refractivity contribution in [1.29, 1.82) is 0 Å². The zero-order chi connectivity index (χ0) is 41.4. The topological polar surface area (TPSA) is 38.7 Å². The average Bonchev–Trinajstić information content (AvgIpc) is 3.37. The highest BCUT2D eigenvalue weighted by atomic mass is 15.0. The number of benzene rings is 9. The first-order valence-electron chi connectivity index (χ1n) is 21.2. The number of fused-ring (bicyclic) bond motifs is 3. The minimum Gasteiger partial charge on any atom is -0.208 e. The van der Waals surface area contributed by atoms with Gasteiger partial charge in [0.15, 0.2) is 17.5 Å². The van der Waals surface area contributed by atoms with Gasteiger partial charge < -0.3 is 0 Å². The van der Waals surface area contributed by atoms with E-state index in [0.29, 0.717) is 17.5 Å². The predicted molar refractivity (Wildman–Crippen MR) is 253 cm³/mol. The molecule has 1 aliphatic rings. The molecule has 3 heteroatoms. The van der Waals surface area contributed by atoms with Crippen LogP contribution < -0.4 is 0 Å². The van der Waals surface area contributed by atoms with Gasteiger partial charge in [-0.3, -0.25) is 0 Å². The van der Waals surface area contributed by atoms with Gasteiger partial charge in [-0.2, -0.15) is 0 Å². The molecule has 0 bridgehead atoms. The van der Waals surface area contributed by atoms with Gasteiger partial charge in [-0.25, -0.2) is 15.0 Å². The molecule has 0 unspecified atom stereocenters. The second-order valence-corrected chi connectivity index (χ2v) is 15.9. The average molecular weight is 792 g/mol. The van der Waals surface area contributed by atoms with E-state index >= 15 is 0 Å². The maximum Gasteiger partial charge on any atom is 0.164 e. The lowest BCUT2D eigenvalue weighted by molar-refractivity contribution is 0.415. The Hall–Kier alpha value is -8.01. The van der Waals surface area contributed by atoms with Gasteiger partial charge in [-0.15, -0.1) is 0 Å². The zero-order valence-electron chi connectivity index (χ0n) is 34.0. The van der Waals surface area contributed by atoms with Crippen molar-refractivity contribution in [2.45, 2.75) is 10.8 Å².